The number of benzene rings is 1. The highest BCUT2D eigenvalue weighted by atomic mass is 16.5. The summed E-state index contributed by atoms with van der Waals surface area (Å²) in [5.74, 6) is -0.00120. The number of carbonyl (C=O) groups excluding carboxylic acids is 1. The van der Waals surface area contributed by atoms with Crippen LogP contribution in [-0.4, -0.2) is 34.6 Å². The van der Waals surface area contributed by atoms with E-state index < -0.39 is 18.3 Å². The molecule has 4 rings (SSSR count). The molecule has 3 aliphatic rings. The lowest BCUT2D eigenvalue weighted by Gasteiger charge is -2.48. The van der Waals surface area contributed by atoms with E-state index in [4.69, 9.17) is 4.74 Å². The minimum atomic E-state index is -0.739. The molecule has 0 saturated heterocycles. The van der Waals surface area contributed by atoms with Gasteiger partial charge in [-0.2, -0.15) is 0 Å². The van der Waals surface area contributed by atoms with Crippen LogP contribution in [0.15, 0.2) is 30.3 Å². The molecule has 3 fully saturated rings. The summed E-state index contributed by atoms with van der Waals surface area (Å²) in [4.78, 5) is 11.9. The van der Waals surface area contributed by atoms with Crippen molar-refractivity contribution in [2.45, 2.75) is 44.1 Å². The number of aliphatic hydroxyl groups excluding tert-OH is 2. The van der Waals surface area contributed by atoms with Gasteiger partial charge in [0.15, 0.2) is 0 Å². The Morgan fingerprint density at radius 3 is 2.67 bits per heavy atom. The van der Waals surface area contributed by atoms with Crippen molar-refractivity contribution in [2.75, 3.05) is 0 Å². The van der Waals surface area contributed by atoms with E-state index in [1.807, 2.05) is 30.3 Å². The number of alkyl carbamates (subject to hydrolysis) is 1. The van der Waals surface area contributed by atoms with Crippen molar-refractivity contribution in [3.05, 3.63) is 35.9 Å². The van der Waals surface area contributed by atoms with E-state index in [0.717, 1.165) is 18.4 Å². The van der Waals surface area contributed by atoms with Crippen LogP contribution in [0.5, 0.6) is 0 Å². The number of nitrogens with one attached hydrogen (secondary N) is 1. The lowest BCUT2D eigenvalue weighted by atomic mass is 9.64. The molecule has 21 heavy (non-hydrogen) atoms. The number of hydrogen-bond donors (Lipinski definition) is 3. The van der Waals surface area contributed by atoms with Crippen LogP contribution in [0.4, 0.5) is 4.79 Å². The number of carbonyl (C=O) groups is 1. The fourth-order valence-electron chi connectivity index (χ4n) is 3.56. The Bertz CT molecular complexity index is 490. The molecule has 0 aliphatic heterocycles. The van der Waals surface area contributed by atoms with E-state index in [-0.39, 0.29) is 24.5 Å². The highest BCUT2D eigenvalue weighted by Crippen LogP contribution is 2.41. The highest BCUT2D eigenvalue weighted by Gasteiger charge is 2.47. The van der Waals surface area contributed by atoms with Crippen molar-refractivity contribution in [1.29, 1.82) is 0 Å². The fourth-order valence-corrected chi connectivity index (χ4v) is 3.56. The average molecular weight is 291 g/mol. The van der Waals surface area contributed by atoms with Gasteiger partial charge in [0.05, 0.1) is 12.2 Å². The molecule has 1 aromatic carbocycles. The zero-order valence-corrected chi connectivity index (χ0v) is 11.8. The first-order chi connectivity index (χ1) is 10.1. The molecular formula is C16H21NO4. The van der Waals surface area contributed by atoms with Gasteiger partial charge < -0.3 is 20.3 Å². The van der Waals surface area contributed by atoms with E-state index in [0.29, 0.717) is 6.42 Å². The number of amides is 1. The van der Waals surface area contributed by atoms with Gasteiger partial charge in [0.2, 0.25) is 0 Å². The van der Waals surface area contributed by atoms with Crippen LogP contribution in [-0.2, 0) is 11.3 Å². The van der Waals surface area contributed by atoms with Crippen LogP contribution in [0.2, 0.25) is 0 Å². The molecule has 2 bridgehead atoms. The minimum Gasteiger partial charge on any atom is -0.445 e. The molecule has 3 saturated carbocycles. The summed E-state index contributed by atoms with van der Waals surface area (Å²) in [7, 11) is 0. The molecule has 5 heteroatoms. The Kier molecular flexibility index (Phi) is 4.12. The van der Waals surface area contributed by atoms with Crippen molar-refractivity contribution in [2.24, 2.45) is 11.8 Å². The normalized spacial score (nSPS) is 34.5. The maximum Gasteiger partial charge on any atom is 0.407 e. The molecule has 5 atom stereocenters. The van der Waals surface area contributed by atoms with Crippen LogP contribution in [0, 0.1) is 11.8 Å². The minimum absolute atomic E-state index is 0.0735. The van der Waals surface area contributed by atoms with Gasteiger partial charge in [-0.3, -0.25) is 0 Å². The van der Waals surface area contributed by atoms with Gasteiger partial charge in [-0.1, -0.05) is 30.3 Å². The number of hydrogen-bond acceptors (Lipinski definition) is 4. The van der Waals surface area contributed by atoms with Crippen LogP contribution in [0.25, 0.3) is 0 Å². The van der Waals surface area contributed by atoms with Crippen LogP contribution < -0.4 is 5.32 Å². The maximum atomic E-state index is 11.9. The summed E-state index contributed by atoms with van der Waals surface area (Å²) in [6.07, 6.45) is 0.618. The predicted molar refractivity (Wildman–Crippen MR) is 76.4 cm³/mol. The van der Waals surface area contributed by atoms with Gasteiger partial charge in [0, 0.05) is 12.0 Å². The van der Waals surface area contributed by atoms with Gasteiger partial charge in [-0.25, -0.2) is 4.79 Å². The van der Waals surface area contributed by atoms with Gasteiger partial charge >= 0.3 is 6.09 Å². The molecule has 3 N–H and O–H groups in total. The monoisotopic (exact) mass is 291 g/mol. The third-order valence-electron chi connectivity index (χ3n) is 4.73. The Balaban J connectivity index is 1.51. The summed E-state index contributed by atoms with van der Waals surface area (Å²) in [6.45, 7) is 0.235. The molecule has 5 nitrogen and oxygen atoms in total. The SMILES string of the molecule is O=C(N[C@H]1C[C@@H]2CC[C@H]1[C@@H](O)[C@H]2O)OCc1ccccc1. The number of fused-ring (bicyclic) bond motifs is 3. The molecule has 0 aromatic heterocycles. The highest BCUT2D eigenvalue weighted by molar-refractivity contribution is 5.67. The number of rotatable bonds is 3. The Labute approximate surface area is 123 Å². The predicted octanol–water partition coefficient (Wildman–Crippen LogP) is 1.43. The fraction of sp³-hybridized carbons (Fsp3) is 0.562. The first-order valence-corrected chi connectivity index (χ1v) is 7.48. The third kappa shape index (κ3) is 3.04. The van der Waals surface area contributed by atoms with Crippen molar-refractivity contribution in [3.8, 4) is 0 Å². The average Bonchev–Trinajstić information content (AvgIpc) is 2.51. The van der Waals surface area contributed by atoms with Gasteiger partial charge in [-0.05, 0) is 30.7 Å². The molecule has 0 spiro atoms. The van der Waals surface area contributed by atoms with E-state index in [1.165, 1.54) is 0 Å². The molecule has 1 amide bonds. The molecule has 3 aliphatic carbocycles. The van der Waals surface area contributed by atoms with Crippen molar-refractivity contribution in [1.82, 2.24) is 5.32 Å². The second-order valence-electron chi connectivity index (χ2n) is 6.03. The Morgan fingerprint density at radius 1 is 1.19 bits per heavy atom. The zero-order chi connectivity index (χ0) is 14.8. The molecule has 0 unspecified atom stereocenters. The van der Waals surface area contributed by atoms with Crippen LogP contribution >= 0.6 is 0 Å². The standard InChI is InChI=1S/C16H21NO4/c18-14-11-6-7-12(15(14)19)13(8-11)17-16(20)21-9-10-4-2-1-3-5-10/h1-5,11-15,18-19H,6-9H2,(H,17,20)/t11-,12+,13-,14-,15+/m0/s1. The quantitative estimate of drug-likeness (QED) is 0.787. The Morgan fingerprint density at radius 2 is 1.95 bits per heavy atom. The molecular weight excluding hydrogens is 270 g/mol. The summed E-state index contributed by atoms with van der Waals surface area (Å²) in [5.41, 5.74) is 0.938. The van der Waals surface area contributed by atoms with Gasteiger partial charge in [-0.15, -0.1) is 0 Å². The summed E-state index contributed by atoms with van der Waals surface area (Å²) in [5, 5.41) is 22.7. The topological polar surface area (TPSA) is 78.8 Å². The van der Waals surface area contributed by atoms with E-state index >= 15 is 0 Å². The van der Waals surface area contributed by atoms with Crippen LogP contribution in [0.3, 0.4) is 0 Å². The largest absolute Gasteiger partial charge is 0.445 e. The smallest absolute Gasteiger partial charge is 0.407 e. The second kappa shape index (κ2) is 6.03. The molecule has 0 radical (unpaired) electrons. The second-order valence-corrected chi connectivity index (χ2v) is 6.03. The molecule has 114 valence electrons. The molecule has 1 aromatic rings. The summed E-state index contributed by atoms with van der Waals surface area (Å²) in [6, 6.07) is 9.40. The van der Waals surface area contributed by atoms with Crippen molar-refractivity contribution < 1.29 is 19.7 Å². The lowest BCUT2D eigenvalue weighted by Crippen LogP contribution is -2.59. The van der Waals surface area contributed by atoms with Crippen molar-refractivity contribution in [3.63, 3.8) is 0 Å². The van der Waals surface area contributed by atoms with E-state index in [1.54, 1.807) is 0 Å². The molecule has 0 heterocycles. The van der Waals surface area contributed by atoms with Gasteiger partial charge in [0.25, 0.3) is 0 Å². The van der Waals surface area contributed by atoms with Crippen LogP contribution in [0.1, 0.15) is 24.8 Å². The van der Waals surface area contributed by atoms with Crippen molar-refractivity contribution >= 4 is 6.09 Å². The summed E-state index contributed by atoms with van der Waals surface area (Å²) < 4.78 is 5.21. The number of ether oxygens (including phenoxy) is 1. The maximum absolute atomic E-state index is 11.9. The van der Waals surface area contributed by atoms with E-state index in [9.17, 15) is 15.0 Å². The summed E-state index contributed by atoms with van der Waals surface area (Å²) >= 11 is 0. The number of aliphatic hydroxyl groups is 2. The van der Waals surface area contributed by atoms with E-state index in [2.05, 4.69) is 5.32 Å². The third-order valence-corrected chi connectivity index (χ3v) is 4.73. The Hall–Kier alpha value is -1.59. The lowest BCUT2D eigenvalue weighted by molar-refractivity contribution is -0.120. The van der Waals surface area contributed by atoms with Gasteiger partial charge in [0.1, 0.15) is 6.61 Å². The first kappa shape index (κ1) is 14.4. The zero-order valence-electron chi connectivity index (χ0n) is 11.8. The first-order valence-electron chi connectivity index (χ1n) is 7.48.